The Morgan fingerprint density at radius 2 is 2.31 bits per heavy atom. The minimum Gasteiger partial charge on any atom is -0.368 e. The van der Waals surface area contributed by atoms with Crippen LogP contribution in [0, 0.1) is 0 Å². The molecule has 1 heterocycles. The lowest BCUT2D eigenvalue weighted by molar-refractivity contribution is -0.116. The molecule has 1 amide bonds. The minimum absolute atomic E-state index is 0.268. The van der Waals surface area contributed by atoms with Crippen LogP contribution >= 0.6 is 27.3 Å². The molecule has 16 heavy (non-hydrogen) atoms. The Labute approximate surface area is 107 Å². The SMILES string of the molecule is NC(=O)CN(c1nc(Br)cs1)C1CCCC1. The first kappa shape index (κ1) is 11.9. The van der Waals surface area contributed by atoms with Gasteiger partial charge in [-0.2, -0.15) is 0 Å². The minimum atomic E-state index is -0.293. The van der Waals surface area contributed by atoms with Crippen molar-refractivity contribution in [2.45, 2.75) is 31.7 Å². The van der Waals surface area contributed by atoms with Gasteiger partial charge >= 0.3 is 0 Å². The first-order chi connectivity index (χ1) is 7.66. The number of primary amides is 1. The number of amides is 1. The van der Waals surface area contributed by atoms with Crippen molar-refractivity contribution in [1.82, 2.24) is 4.98 Å². The summed E-state index contributed by atoms with van der Waals surface area (Å²) >= 11 is 4.88. The van der Waals surface area contributed by atoms with E-state index in [9.17, 15) is 4.79 Å². The number of rotatable bonds is 4. The summed E-state index contributed by atoms with van der Waals surface area (Å²) in [6.07, 6.45) is 4.72. The van der Waals surface area contributed by atoms with Crippen LogP contribution in [0.15, 0.2) is 9.98 Å². The van der Waals surface area contributed by atoms with Crippen molar-refractivity contribution in [3.63, 3.8) is 0 Å². The second-order valence-corrected chi connectivity index (χ2v) is 5.63. The molecule has 1 aliphatic carbocycles. The highest BCUT2D eigenvalue weighted by atomic mass is 79.9. The van der Waals surface area contributed by atoms with Gasteiger partial charge in [0.25, 0.3) is 0 Å². The first-order valence-corrected chi connectivity index (χ1v) is 7.00. The van der Waals surface area contributed by atoms with Crippen LogP contribution in [0.25, 0.3) is 0 Å². The molecule has 6 heteroatoms. The summed E-state index contributed by atoms with van der Waals surface area (Å²) in [6, 6.07) is 0.422. The van der Waals surface area contributed by atoms with Gasteiger partial charge in [0, 0.05) is 11.4 Å². The van der Waals surface area contributed by atoms with E-state index in [4.69, 9.17) is 5.73 Å². The standard InChI is InChI=1S/C10H14BrN3OS/c11-8-6-16-10(13-8)14(5-9(12)15)7-3-1-2-4-7/h6-7H,1-5H2,(H2,12,15). The van der Waals surface area contributed by atoms with Gasteiger partial charge < -0.3 is 10.6 Å². The lowest BCUT2D eigenvalue weighted by Gasteiger charge is -2.26. The smallest absolute Gasteiger partial charge is 0.237 e. The van der Waals surface area contributed by atoms with E-state index in [0.717, 1.165) is 22.6 Å². The van der Waals surface area contributed by atoms with E-state index < -0.39 is 0 Å². The third-order valence-corrected chi connectivity index (χ3v) is 4.39. The number of nitrogens with zero attached hydrogens (tertiary/aromatic N) is 2. The van der Waals surface area contributed by atoms with Crippen LogP contribution in [0.4, 0.5) is 5.13 Å². The molecule has 0 aliphatic heterocycles. The number of nitrogens with two attached hydrogens (primary N) is 1. The third-order valence-electron chi connectivity index (χ3n) is 2.80. The molecule has 0 atom stereocenters. The lowest BCUT2D eigenvalue weighted by Crippen LogP contribution is -2.40. The topological polar surface area (TPSA) is 59.2 Å². The van der Waals surface area contributed by atoms with Crippen LogP contribution in [0.2, 0.25) is 0 Å². The van der Waals surface area contributed by atoms with E-state index in [1.807, 2.05) is 10.3 Å². The molecule has 1 aliphatic rings. The van der Waals surface area contributed by atoms with Crippen LogP contribution in [0.3, 0.4) is 0 Å². The highest BCUT2D eigenvalue weighted by Crippen LogP contribution is 2.31. The van der Waals surface area contributed by atoms with E-state index >= 15 is 0 Å². The Morgan fingerprint density at radius 1 is 1.62 bits per heavy atom. The number of anilines is 1. The molecule has 0 radical (unpaired) electrons. The third kappa shape index (κ3) is 2.74. The highest BCUT2D eigenvalue weighted by Gasteiger charge is 2.25. The summed E-state index contributed by atoms with van der Waals surface area (Å²) in [5.41, 5.74) is 5.29. The Kier molecular flexibility index (Phi) is 3.81. The van der Waals surface area contributed by atoms with Gasteiger partial charge in [-0.05, 0) is 28.8 Å². The van der Waals surface area contributed by atoms with Gasteiger partial charge in [0.05, 0.1) is 6.54 Å². The molecule has 1 saturated carbocycles. The second-order valence-electron chi connectivity index (χ2n) is 3.99. The van der Waals surface area contributed by atoms with Crippen LogP contribution in [-0.2, 0) is 4.79 Å². The molecular weight excluding hydrogens is 290 g/mol. The number of carbonyl (C=O) groups excluding carboxylic acids is 1. The van der Waals surface area contributed by atoms with Crippen LogP contribution in [0.1, 0.15) is 25.7 Å². The van der Waals surface area contributed by atoms with E-state index in [2.05, 4.69) is 20.9 Å². The number of halogens is 1. The zero-order valence-electron chi connectivity index (χ0n) is 8.86. The van der Waals surface area contributed by atoms with E-state index in [1.165, 1.54) is 12.8 Å². The molecule has 88 valence electrons. The summed E-state index contributed by atoms with van der Waals surface area (Å²) in [4.78, 5) is 17.5. The number of aromatic nitrogens is 1. The zero-order chi connectivity index (χ0) is 11.5. The van der Waals surface area contributed by atoms with Gasteiger partial charge in [0.2, 0.25) is 5.91 Å². The van der Waals surface area contributed by atoms with Crippen molar-refractivity contribution < 1.29 is 4.79 Å². The van der Waals surface area contributed by atoms with E-state index in [-0.39, 0.29) is 12.5 Å². The number of carbonyl (C=O) groups is 1. The maximum absolute atomic E-state index is 11.1. The van der Waals surface area contributed by atoms with Crippen LogP contribution in [-0.4, -0.2) is 23.5 Å². The number of thiazole rings is 1. The van der Waals surface area contributed by atoms with Crippen molar-refractivity contribution in [3.05, 3.63) is 9.98 Å². The Bertz CT molecular complexity index is 376. The molecule has 0 aromatic carbocycles. The summed E-state index contributed by atoms with van der Waals surface area (Å²) in [5, 5.41) is 2.82. The molecule has 0 spiro atoms. The largest absolute Gasteiger partial charge is 0.368 e. The van der Waals surface area contributed by atoms with Gasteiger partial charge in [0.1, 0.15) is 4.60 Å². The molecule has 0 saturated heterocycles. The Morgan fingerprint density at radius 3 is 2.81 bits per heavy atom. The summed E-state index contributed by atoms with van der Waals surface area (Å²) < 4.78 is 0.819. The van der Waals surface area contributed by atoms with Crippen molar-refractivity contribution in [2.24, 2.45) is 5.73 Å². The number of hydrogen-bond acceptors (Lipinski definition) is 4. The zero-order valence-corrected chi connectivity index (χ0v) is 11.3. The maximum Gasteiger partial charge on any atom is 0.237 e. The molecule has 1 aromatic rings. The fourth-order valence-corrected chi connectivity index (χ4v) is 3.44. The van der Waals surface area contributed by atoms with Crippen molar-refractivity contribution in [2.75, 3.05) is 11.4 Å². The number of hydrogen-bond donors (Lipinski definition) is 1. The predicted molar refractivity (Wildman–Crippen MR) is 68.6 cm³/mol. The summed E-state index contributed by atoms with van der Waals surface area (Å²) in [5.74, 6) is -0.293. The first-order valence-electron chi connectivity index (χ1n) is 5.33. The van der Waals surface area contributed by atoms with Gasteiger partial charge in [-0.1, -0.05) is 12.8 Å². The van der Waals surface area contributed by atoms with Gasteiger partial charge in [-0.3, -0.25) is 4.79 Å². The second kappa shape index (κ2) is 5.14. The van der Waals surface area contributed by atoms with Crippen LogP contribution in [0.5, 0.6) is 0 Å². The Balaban J connectivity index is 2.16. The maximum atomic E-state index is 11.1. The Hall–Kier alpha value is -0.620. The quantitative estimate of drug-likeness (QED) is 0.927. The molecule has 1 fully saturated rings. The normalized spacial score (nSPS) is 16.6. The fourth-order valence-electron chi connectivity index (χ4n) is 2.11. The van der Waals surface area contributed by atoms with Crippen molar-refractivity contribution in [3.8, 4) is 0 Å². The molecular formula is C10H14BrN3OS. The molecule has 4 nitrogen and oxygen atoms in total. The summed E-state index contributed by atoms with van der Waals surface area (Å²) in [7, 11) is 0. The summed E-state index contributed by atoms with van der Waals surface area (Å²) in [6.45, 7) is 0.268. The monoisotopic (exact) mass is 303 g/mol. The highest BCUT2D eigenvalue weighted by molar-refractivity contribution is 9.10. The van der Waals surface area contributed by atoms with Gasteiger partial charge in [-0.25, -0.2) is 4.98 Å². The van der Waals surface area contributed by atoms with Gasteiger partial charge in [-0.15, -0.1) is 11.3 Å². The molecule has 0 unspecified atom stereocenters. The average Bonchev–Trinajstić information content (AvgIpc) is 2.84. The molecule has 2 N–H and O–H groups in total. The van der Waals surface area contributed by atoms with E-state index in [1.54, 1.807) is 11.3 Å². The molecule has 1 aromatic heterocycles. The van der Waals surface area contributed by atoms with Crippen molar-refractivity contribution >= 4 is 38.3 Å². The lowest BCUT2D eigenvalue weighted by atomic mass is 10.2. The van der Waals surface area contributed by atoms with Crippen molar-refractivity contribution in [1.29, 1.82) is 0 Å². The molecule has 0 bridgehead atoms. The fraction of sp³-hybridized carbons (Fsp3) is 0.600. The predicted octanol–water partition coefficient (Wildman–Crippen LogP) is 2.14. The van der Waals surface area contributed by atoms with E-state index in [0.29, 0.717) is 6.04 Å². The van der Waals surface area contributed by atoms with Gasteiger partial charge in [0.15, 0.2) is 5.13 Å². The average molecular weight is 304 g/mol. The molecule has 2 rings (SSSR count). The van der Waals surface area contributed by atoms with Crippen LogP contribution < -0.4 is 10.6 Å².